The first-order valence-corrected chi connectivity index (χ1v) is 4.72. The minimum Gasteiger partial charge on any atom is -0.478 e. The van der Waals surface area contributed by atoms with Crippen molar-refractivity contribution in [3.63, 3.8) is 0 Å². The van der Waals surface area contributed by atoms with Gasteiger partial charge < -0.3 is 15.3 Å². The molecule has 0 fully saturated rings. The number of carbonyl (C=O) groups is 1. The summed E-state index contributed by atoms with van der Waals surface area (Å²) < 4.78 is 0. The molecule has 4 heteroatoms. The molecule has 0 heterocycles. The Kier molecular flexibility index (Phi) is 13.5. The quantitative estimate of drug-likeness (QED) is 0.568. The van der Waals surface area contributed by atoms with Crippen LogP contribution in [0.25, 0.3) is 0 Å². The van der Waals surface area contributed by atoms with Gasteiger partial charge >= 0.3 is 5.97 Å². The summed E-state index contributed by atoms with van der Waals surface area (Å²) >= 11 is 0. The molecule has 0 spiro atoms. The lowest BCUT2D eigenvalue weighted by molar-refractivity contribution is -0.131. The first kappa shape index (κ1) is 15.6. The third-order valence-corrected chi connectivity index (χ3v) is 1.49. The van der Waals surface area contributed by atoms with Crippen LogP contribution in [0.5, 0.6) is 0 Å². The van der Waals surface area contributed by atoms with E-state index < -0.39 is 5.97 Å². The third-order valence-electron chi connectivity index (χ3n) is 1.49. The minimum absolute atomic E-state index is 0.192. The topological polar surface area (TPSA) is 77.8 Å². The Hall–Kier alpha value is -0.870. The average molecular weight is 204 g/mol. The largest absolute Gasteiger partial charge is 0.478 e. The molecule has 0 aliphatic rings. The van der Waals surface area contributed by atoms with Gasteiger partial charge in [-0.2, -0.15) is 0 Å². The molecule has 0 aromatic heterocycles. The van der Waals surface area contributed by atoms with Crippen molar-refractivity contribution in [2.75, 3.05) is 6.61 Å². The van der Waals surface area contributed by atoms with Crippen LogP contribution in [0.15, 0.2) is 12.7 Å². The van der Waals surface area contributed by atoms with E-state index in [-0.39, 0.29) is 12.7 Å². The fourth-order valence-electron chi connectivity index (χ4n) is 0.804. The van der Waals surface area contributed by atoms with Gasteiger partial charge in [0, 0.05) is 12.7 Å². The van der Waals surface area contributed by atoms with Gasteiger partial charge in [-0.1, -0.05) is 19.9 Å². The van der Waals surface area contributed by atoms with Gasteiger partial charge in [0.2, 0.25) is 0 Å². The summed E-state index contributed by atoms with van der Waals surface area (Å²) in [6.45, 7) is 5.20. The number of hydrogen-bond donors (Lipinski definition) is 3. The number of aliphatic hydroxyl groups is 2. The van der Waals surface area contributed by atoms with Crippen molar-refractivity contribution in [2.24, 2.45) is 0 Å². The number of carboxylic acids is 1. The predicted octanol–water partition coefficient (Wildman–Crippen LogP) is 1.18. The Morgan fingerprint density at radius 2 is 2.00 bits per heavy atom. The van der Waals surface area contributed by atoms with Crippen LogP contribution in [0.2, 0.25) is 0 Å². The number of carboxylic acid groups (broad SMARTS) is 1. The maximum absolute atomic E-state index is 9.25. The van der Waals surface area contributed by atoms with Crippen molar-refractivity contribution in [1.82, 2.24) is 0 Å². The smallest absolute Gasteiger partial charge is 0.327 e. The molecule has 0 radical (unpaired) electrons. The summed E-state index contributed by atoms with van der Waals surface area (Å²) in [7, 11) is 0. The van der Waals surface area contributed by atoms with Crippen LogP contribution >= 0.6 is 0 Å². The number of rotatable bonds is 6. The molecule has 14 heavy (non-hydrogen) atoms. The van der Waals surface area contributed by atoms with Crippen LogP contribution in [0, 0.1) is 0 Å². The van der Waals surface area contributed by atoms with Gasteiger partial charge in [-0.25, -0.2) is 4.79 Å². The van der Waals surface area contributed by atoms with Crippen LogP contribution in [-0.4, -0.2) is 34.0 Å². The molecular formula is C10H20O4. The van der Waals surface area contributed by atoms with Gasteiger partial charge in [-0.15, -0.1) is 0 Å². The van der Waals surface area contributed by atoms with Crippen molar-refractivity contribution in [3.8, 4) is 0 Å². The number of aliphatic carboxylic acids is 1. The lowest BCUT2D eigenvalue weighted by Gasteiger charge is -2.05. The highest BCUT2D eigenvalue weighted by atomic mass is 16.4. The van der Waals surface area contributed by atoms with Gasteiger partial charge in [0.25, 0.3) is 0 Å². The molecule has 0 aromatic carbocycles. The lowest BCUT2D eigenvalue weighted by Crippen LogP contribution is -2.05. The summed E-state index contributed by atoms with van der Waals surface area (Å²) in [5.74, 6) is -0.981. The zero-order valence-electron chi connectivity index (χ0n) is 8.65. The Labute approximate surface area is 84.9 Å². The Morgan fingerprint density at radius 1 is 1.50 bits per heavy atom. The van der Waals surface area contributed by atoms with Crippen LogP contribution in [-0.2, 0) is 4.79 Å². The van der Waals surface area contributed by atoms with E-state index in [9.17, 15) is 4.79 Å². The predicted molar refractivity (Wildman–Crippen MR) is 55.1 cm³/mol. The van der Waals surface area contributed by atoms with Crippen molar-refractivity contribution in [3.05, 3.63) is 12.7 Å². The van der Waals surface area contributed by atoms with Gasteiger partial charge in [0.1, 0.15) is 0 Å². The van der Waals surface area contributed by atoms with Crippen molar-refractivity contribution < 1.29 is 20.1 Å². The molecular weight excluding hydrogens is 184 g/mol. The summed E-state index contributed by atoms with van der Waals surface area (Å²) in [6.07, 6.45) is 3.99. The number of hydrogen-bond acceptors (Lipinski definition) is 3. The molecule has 0 bridgehead atoms. The molecule has 0 aliphatic carbocycles. The second-order valence-corrected chi connectivity index (χ2v) is 2.85. The standard InChI is InChI=1S/C7H16O2.C3H4O2/c1-2-4-7(9)5-3-6-8;1-2-3(4)5/h7-9H,2-6H2,1H3;2H,1H2,(H,4,5). The molecule has 1 atom stereocenters. The molecule has 0 saturated carbocycles. The first-order chi connectivity index (χ1) is 6.58. The highest BCUT2D eigenvalue weighted by Crippen LogP contribution is 2.02. The van der Waals surface area contributed by atoms with E-state index in [1.165, 1.54) is 0 Å². The van der Waals surface area contributed by atoms with Gasteiger partial charge in [0.15, 0.2) is 0 Å². The second-order valence-electron chi connectivity index (χ2n) is 2.85. The monoisotopic (exact) mass is 204 g/mol. The molecule has 84 valence electrons. The number of aliphatic hydroxyl groups excluding tert-OH is 2. The molecule has 3 N–H and O–H groups in total. The summed E-state index contributed by atoms with van der Waals surface area (Å²) in [6, 6.07) is 0. The van der Waals surface area contributed by atoms with E-state index >= 15 is 0 Å². The summed E-state index contributed by atoms with van der Waals surface area (Å²) in [5, 5.41) is 25.0. The van der Waals surface area contributed by atoms with E-state index in [4.69, 9.17) is 15.3 Å². The fourth-order valence-corrected chi connectivity index (χ4v) is 0.804. The summed E-state index contributed by atoms with van der Waals surface area (Å²) in [5.41, 5.74) is 0. The average Bonchev–Trinajstić information content (AvgIpc) is 2.16. The SMILES string of the molecule is C=CC(=O)O.CCCC(O)CCCO. The van der Waals surface area contributed by atoms with E-state index in [0.717, 1.165) is 31.8 Å². The minimum atomic E-state index is -0.981. The van der Waals surface area contributed by atoms with E-state index in [1.54, 1.807) is 0 Å². The Balaban J connectivity index is 0. The molecule has 0 amide bonds. The molecule has 1 unspecified atom stereocenters. The molecule has 4 nitrogen and oxygen atoms in total. The molecule has 0 aliphatic heterocycles. The molecule has 0 aromatic rings. The van der Waals surface area contributed by atoms with E-state index in [2.05, 4.69) is 6.58 Å². The van der Waals surface area contributed by atoms with Crippen molar-refractivity contribution in [2.45, 2.75) is 38.7 Å². The van der Waals surface area contributed by atoms with Gasteiger partial charge in [-0.05, 0) is 19.3 Å². The van der Waals surface area contributed by atoms with E-state index in [0.29, 0.717) is 0 Å². The third kappa shape index (κ3) is 17.3. The highest BCUT2D eigenvalue weighted by molar-refractivity contribution is 5.78. The maximum Gasteiger partial charge on any atom is 0.327 e. The maximum atomic E-state index is 9.25. The van der Waals surface area contributed by atoms with Crippen LogP contribution in [0.3, 0.4) is 0 Å². The lowest BCUT2D eigenvalue weighted by atomic mass is 10.1. The molecule has 0 rings (SSSR count). The van der Waals surface area contributed by atoms with E-state index in [1.807, 2.05) is 6.92 Å². The second kappa shape index (κ2) is 12.1. The first-order valence-electron chi connectivity index (χ1n) is 4.72. The fraction of sp³-hybridized carbons (Fsp3) is 0.700. The van der Waals surface area contributed by atoms with Crippen LogP contribution in [0.1, 0.15) is 32.6 Å². The van der Waals surface area contributed by atoms with Gasteiger partial charge in [0.05, 0.1) is 6.10 Å². The summed E-state index contributed by atoms with van der Waals surface area (Å²) in [4.78, 5) is 9.25. The Morgan fingerprint density at radius 3 is 2.29 bits per heavy atom. The zero-order chi connectivity index (χ0) is 11.4. The van der Waals surface area contributed by atoms with Crippen LogP contribution < -0.4 is 0 Å². The van der Waals surface area contributed by atoms with Crippen molar-refractivity contribution >= 4 is 5.97 Å². The Bertz CT molecular complexity index is 145. The molecule has 0 saturated heterocycles. The van der Waals surface area contributed by atoms with Crippen LogP contribution in [0.4, 0.5) is 0 Å². The normalized spacial score (nSPS) is 11.1. The van der Waals surface area contributed by atoms with Crippen molar-refractivity contribution in [1.29, 1.82) is 0 Å². The highest BCUT2D eigenvalue weighted by Gasteiger charge is 1.99. The van der Waals surface area contributed by atoms with Gasteiger partial charge in [-0.3, -0.25) is 0 Å². The zero-order valence-corrected chi connectivity index (χ0v) is 8.65.